The van der Waals surface area contributed by atoms with E-state index in [-0.39, 0.29) is 5.91 Å². The molecule has 0 atom stereocenters. The molecule has 0 spiro atoms. The molecule has 0 aliphatic carbocycles. The van der Waals surface area contributed by atoms with Crippen molar-refractivity contribution in [3.63, 3.8) is 0 Å². The van der Waals surface area contributed by atoms with Gasteiger partial charge in [-0.25, -0.2) is 5.43 Å². The van der Waals surface area contributed by atoms with Crippen molar-refractivity contribution in [3.8, 4) is 11.5 Å². The van der Waals surface area contributed by atoms with Crippen molar-refractivity contribution in [2.45, 2.75) is 20.0 Å². The molecule has 1 N–H and O–H groups in total. The standard InChI is InChI=1S/C28H24Br2N2O3/c1-2-14-34-23-12-10-21(11-13-23)28(33)32-31-17-19-15-25(29)27(26(30)16-19)35-18-22-8-5-7-20-6-3-4-9-24(20)22/h3-13,15-17H,2,14,18H2,1H3,(H,32,33)/b31-17-. The number of ether oxygens (including phenoxy) is 2. The Bertz CT molecular complexity index is 1330. The molecule has 0 aliphatic rings. The maximum Gasteiger partial charge on any atom is 0.271 e. The lowest BCUT2D eigenvalue weighted by Gasteiger charge is -2.13. The predicted octanol–water partition coefficient (Wildman–Crippen LogP) is 7.50. The number of rotatable bonds is 9. The molecule has 4 aromatic carbocycles. The maximum atomic E-state index is 12.4. The van der Waals surface area contributed by atoms with Crippen LogP contribution < -0.4 is 14.9 Å². The fourth-order valence-corrected chi connectivity index (χ4v) is 4.96. The summed E-state index contributed by atoms with van der Waals surface area (Å²) in [6, 6.07) is 25.2. The van der Waals surface area contributed by atoms with E-state index >= 15 is 0 Å². The van der Waals surface area contributed by atoms with E-state index in [1.807, 2.05) is 37.3 Å². The molecule has 0 unspecified atom stereocenters. The zero-order valence-corrected chi connectivity index (χ0v) is 22.3. The molecule has 1 amide bonds. The summed E-state index contributed by atoms with van der Waals surface area (Å²) >= 11 is 7.18. The summed E-state index contributed by atoms with van der Waals surface area (Å²) in [6.07, 6.45) is 2.52. The van der Waals surface area contributed by atoms with Gasteiger partial charge in [-0.2, -0.15) is 5.10 Å². The number of carbonyl (C=O) groups excluding carboxylic acids is 1. The minimum Gasteiger partial charge on any atom is -0.494 e. The first kappa shape index (κ1) is 24.9. The molecule has 0 saturated heterocycles. The molecule has 35 heavy (non-hydrogen) atoms. The Hall–Kier alpha value is -3.16. The lowest BCUT2D eigenvalue weighted by molar-refractivity contribution is 0.0955. The second-order valence-electron chi connectivity index (χ2n) is 7.81. The predicted molar refractivity (Wildman–Crippen MR) is 147 cm³/mol. The Labute approximate surface area is 221 Å². The van der Waals surface area contributed by atoms with Crippen LogP contribution in [0, 0.1) is 0 Å². The highest BCUT2D eigenvalue weighted by Crippen LogP contribution is 2.35. The van der Waals surface area contributed by atoms with Gasteiger partial charge in [-0.3, -0.25) is 4.79 Å². The van der Waals surface area contributed by atoms with Crippen LogP contribution >= 0.6 is 31.9 Å². The first-order valence-corrected chi connectivity index (χ1v) is 12.8. The molecule has 0 aromatic heterocycles. The molecule has 0 bridgehead atoms. The quantitative estimate of drug-likeness (QED) is 0.161. The van der Waals surface area contributed by atoms with Gasteiger partial charge in [0.1, 0.15) is 18.1 Å². The topological polar surface area (TPSA) is 59.9 Å². The van der Waals surface area contributed by atoms with Crippen LogP contribution in [0.2, 0.25) is 0 Å². The zero-order valence-electron chi connectivity index (χ0n) is 19.1. The third kappa shape index (κ3) is 6.50. The van der Waals surface area contributed by atoms with Crippen molar-refractivity contribution in [2.75, 3.05) is 6.61 Å². The number of fused-ring (bicyclic) bond motifs is 1. The van der Waals surface area contributed by atoms with E-state index in [0.29, 0.717) is 24.5 Å². The van der Waals surface area contributed by atoms with Gasteiger partial charge in [0.15, 0.2) is 0 Å². The normalized spacial score (nSPS) is 11.1. The Morgan fingerprint density at radius 3 is 2.40 bits per heavy atom. The molecule has 178 valence electrons. The summed E-state index contributed by atoms with van der Waals surface area (Å²) in [7, 11) is 0. The smallest absolute Gasteiger partial charge is 0.271 e. The SMILES string of the molecule is CCCOc1ccc(C(=O)N/N=C\c2cc(Br)c(OCc3cccc4ccccc34)c(Br)c2)cc1. The van der Waals surface area contributed by atoms with E-state index < -0.39 is 0 Å². The summed E-state index contributed by atoms with van der Waals surface area (Å²) in [5.41, 5.74) is 4.97. The number of halogens is 2. The molecule has 0 heterocycles. The van der Waals surface area contributed by atoms with Gasteiger partial charge in [0, 0.05) is 5.56 Å². The molecule has 0 aliphatic heterocycles. The highest BCUT2D eigenvalue weighted by Gasteiger charge is 2.10. The van der Waals surface area contributed by atoms with Crippen molar-refractivity contribution >= 4 is 54.8 Å². The summed E-state index contributed by atoms with van der Waals surface area (Å²) in [5.74, 6) is 1.14. The van der Waals surface area contributed by atoms with Gasteiger partial charge in [0.05, 0.1) is 21.8 Å². The van der Waals surface area contributed by atoms with E-state index in [0.717, 1.165) is 32.2 Å². The average Bonchev–Trinajstić information content (AvgIpc) is 2.87. The average molecular weight is 596 g/mol. The van der Waals surface area contributed by atoms with Crippen molar-refractivity contribution in [1.82, 2.24) is 5.43 Å². The molecule has 7 heteroatoms. The van der Waals surface area contributed by atoms with Crippen LogP contribution in [0.15, 0.2) is 92.9 Å². The zero-order chi connectivity index (χ0) is 24.6. The third-order valence-corrected chi connectivity index (χ3v) is 6.42. The van der Waals surface area contributed by atoms with Crippen LogP contribution in [-0.2, 0) is 6.61 Å². The first-order valence-electron chi connectivity index (χ1n) is 11.2. The Morgan fingerprint density at radius 2 is 1.66 bits per heavy atom. The van der Waals surface area contributed by atoms with Crippen LogP contribution in [0.1, 0.15) is 34.8 Å². The monoisotopic (exact) mass is 594 g/mol. The van der Waals surface area contributed by atoms with Crippen LogP contribution in [0.25, 0.3) is 10.8 Å². The second kappa shape index (κ2) is 12.0. The molecule has 0 saturated carbocycles. The maximum absolute atomic E-state index is 12.4. The van der Waals surface area contributed by atoms with Crippen LogP contribution in [0.5, 0.6) is 11.5 Å². The van der Waals surface area contributed by atoms with Crippen molar-refractivity contribution < 1.29 is 14.3 Å². The molecular formula is C28H24Br2N2O3. The fourth-order valence-electron chi connectivity index (χ4n) is 3.51. The number of carbonyl (C=O) groups is 1. The highest BCUT2D eigenvalue weighted by molar-refractivity contribution is 9.11. The second-order valence-corrected chi connectivity index (χ2v) is 9.52. The summed E-state index contributed by atoms with van der Waals surface area (Å²) in [5, 5.41) is 6.44. The van der Waals surface area contributed by atoms with Gasteiger partial charge < -0.3 is 9.47 Å². The van der Waals surface area contributed by atoms with Crippen molar-refractivity contribution in [2.24, 2.45) is 5.10 Å². The highest BCUT2D eigenvalue weighted by atomic mass is 79.9. The lowest BCUT2D eigenvalue weighted by atomic mass is 10.1. The number of hydrogen-bond acceptors (Lipinski definition) is 4. The van der Waals surface area contributed by atoms with Gasteiger partial charge in [-0.1, -0.05) is 49.4 Å². The molecule has 0 fully saturated rings. The van der Waals surface area contributed by atoms with Gasteiger partial charge in [0.25, 0.3) is 5.91 Å². The largest absolute Gasteiger partial charge is 0.494 e. The van der Waals surface area contributed by atoms with Gasteiger partial charge in [-0.15, -0.1) is 0 Å². The number of hydrogen-bond donors (Lipinski definition) is 1. The molecule has 4 aromatic rings. The molecule has 0 radical (unpaired) electrons. The molecule has 4 rings (SSSR count). The Morgan fingerprint density at radius 1 is 0.943 bits per heavy atom. The number of nitrogens with zero attached hydrogens (tertiary/aromatic N) is 1. The van der Waals surface area contributed by atoms with Crippen LogP contribution in [-0.4, -0.2) is 18.7 Å². The van der Waals surface area contributed by atoms with E-state index in [2.05, 4.69) is 66.7 Å². The van der Waals surface area contributed by atoms with E-state index in [9.17, 15) is 4.79 Å². The molecular weight excluding hydrogens is 572 g/mol. The van der Waals surface area contributed by atoms with Gasteiger partial charge >= 0.3 is 0 Å². The number of benzene rings is 4. The summed E-state index contributed by atoms with van der Waals surface area (Å²) in [6.45, 7) is 3.13. The molecule has 5 nitrogen and oxygen atoms in total. The van der Waals surface area contributed by atoms with E-state index in [4.69, 9.17) is 9.47 Å². The lowest BCUT2D eigenvalue weighted by Crippen LogP contribution is -2.17. The summed E-state index contributed by atoms with van der Waals surface area (Å²) in [4.78, 5) is 12.4. The number of amides is 1. The van der Waals surface area contributed by atoms with Crippen LogP contribution in [0.3, 0.4) is 0 Å². The number of nitrogens with one attached hydrogen (secondary N) is 1. The Balaban J connectivity index is 1.38. The fraction of sp³-hybridized carbons (Fsp3) is 0.143. The number of hydrazone groups is 1. The van der Waals surface area contributed by atoms with Crippen molar-refractivity contribution in [1.29, 1.82) is 0 Å². The minimum atomic E-state index is -0.295. The van der Waals surface area contributed by atoms with Gasteiger partial charge in [0.2, 0.25) is 0 Å². The van der Waals surface area contributed by atoms with Crippen LogP contribution in [0.4, 0.5) is 0 Å². The van der Waals surface area contributed by atoms with E-state index in [1.165, 1.54) is 10.8 Å². The minimum absolute atomic E-state index is 0.295. The summed E-state index contributed by atoms with van der Waals surface area (Å²) < 4.78 is 13.2. The first-order chi connectivity index (χ1) is 17.0. The van der Waals surface area contributed by atoms with Gasteiger partial charge in [-0.05, 0) is 96.6 Å². The van der Waals surface area contributed by atoms with Crippen molar-refractivity contribution in [3.05, 3.63) is 104 Å². The third-order valence-electron chi connectivity index (χ3n) is 5.24. The Kier molecular flexibility index (Phi) is 8.55. The van der Waals surface area contributed by atoms with E-state index in [1.54, 1.807) is 30.5 Å².